The molecule has 2 rings (SSSR count). The quantitative estimate of drug-likeness (QED) is 0.780. The van der Waals surface area contributed by atoms with Gasteiger partial charge >= 0.3 is 0 Å². The van der Waals surface area contributed by atoms with Crippen molar-refractivity contribution in [2.24, 2.45) is 7.05 Å². The lowest BCUT2D eigenvalue weighted by Gasteiger charge is -2.02. The molecule has 0 saturated carbocycles. The highest BCUT2D eigenvalue weighted by Gasteiger charge is 2.07. The molecule has 0 radical (unpaired) electrons. The molecule has 0 aliphatic rings. The molecule has 0 unspecified atom stereocenters. The van der Waals surface area contributed by atoms with Gasteiger partial charge in [-0.05, 0) is 18.6 Å². The lowest BCUT2D eigenvalue weighted by Crippen LogP contribution is -2.22. The summed E-state index contributed by atoms with van der Waals surface area (Å²) in [6.07, 6.45) is 2.62. The van der Waals surface area contributed by atoms with Gasteiger partial charge in [0.2, 0.25) is 0 Å². The van der Waals surface area contributed by atoms with Gasteiger partial charge in [0.1, 0.15) is 0 Å². The molecule has 0 fully saturated rings. The minimum Gasteiger partial charge on any atom is -0.329 e. The number of aryl methyl sites for hydroxylation is 1. The summed E-state index contributed by atoms with van der Waals surface area (Å²) in [5, 5.41) is 4.10. The maximum Gasteiger partial charge on any atom is 0.282 e. The molecular weight excluding hydrogens is 212 g/mol. The van der Waals surface area contributed by atoms with Gasteiger partial charge in [0.15, 0.2) is 10.3 Å². The Morgan fingerprint density at radius 1 is 1.60 bits per heavy atom. The first kappa shape index (κ1) is 10.1. The third-order valence-electron chi connectivity index (χ3n) is 2.21. The molecule has 0 amide bonds. The zero-order valence-electron chi connectivity index (χ0n) is 8.65. The zero-order chi connectivity index (χ0) is 11.0. The van der Waals surface area contributed by atoms with Crippen LogP contribution in [0, 0.1) is 4.77 Å². The third-order valence-corrected chi connectivity index (χ3v) is 2.53. The van der Waals surface area contributed by atoms with Crippen molar-refractivity contribution < 1.29 is 0 Å². The molecule has 15 heavy (non-hydrogen) atoms. The van der Waals surface area contributed by atoms with E-state index in [1.165, 1.54) is 0 Å². The molecule has 5 nitrogen and oxygen atoms in total. The predicted octanol–water partition coefficient (Wildman–Crippen LogP) is 1.20. The highest BCUT2D eigenvalue weighted by atomic mass is 32.1. The van der Waals surface area contributed by atoms with Crippen molar-refractivity contribution in [2.75, 3.05) is 0 Å². The van der Waals surface area contributed by atoms with Gasteiger partial charge in [-0.25, -0.2) is 0 Å². The smallest absolute Gasteiger partial charge is 0.282 e. The molecule has 0 aliphatic heterocycles. The molecular formula is C9H12N4OS. The van der Waals surface area contributed by atoms with Gasteiger partial charge < -0.3 is 4.98 Å². The number of hydrogen-bond acceptors (Lipinski definition) is 3. The number of H-pyrrole nitrogens is 1. The van der Waals surface area contributed by atoms with E-state index in [9.17, 15) is 4.79 Å². The summed E-state index contributed by atoms with van der Waals surface area (Å²) < 4.78 is 3.61. The second-order valence-corrected chi connectivity index (χ2v) is 3.84. The standard InChI is InChI=1S/C9H12N4OS/c1-3-4-13-8(14)7-6(10-9(13)15)5-12(2)11-7/h5H,3-4H2,1-2H3,(H,10,15). The van der Waals surface area contributed by atoms with Crippen LogP contribution in [-0.2, 0) is 13.6 Å². The van der Waals surface area contributed by atoms with Crippen LogP contribution in [0.1, 0.15) is 13.3 Å². The molecule has 2 aromatic heterocycles. The Morgan fingerprint density at radius 3 is 3.00 bits per heavy atom. The number of rotatable bonds is 2. The van der Waals surface area contributed by atoms with E-state index in [0.717, 1.165) is 6.42 Å². The van der Waals surface area contributed by atoms with E-state index in [4.69, 9.17) is 12.2 Å². The summed E-state index contributed by atoms with van der Waals surface area (Å²) in [6, 6.07) is 0. The third kappa shape index (κ3) is 1.61. The SMILES string of the molecule is CCCn1c(=S)[nH]c2cn(C)nc2c1=O. The first-order chi connectivity index (χ1) is 7.13. The molecule has 0 saturated heterocycles. The zero-order valence-corrected chi connectivity index (χ0v) is 9.47. The predicted molar refractivity (Wildman–Crippen MR) is 60.4 cm³/mol. The molecule has 0 bridgehead atoms. The van der Waals surface area contributed by atoms with Crippen LogP contribution in [0.3, 0.4) is 0 Å². The number of aromatic nitrogens is 4. The van der Waals surface area contributed by atoms with Crippen molar-refractivity contribution >= 4 is 23.3 Å². The Kier molecular flexibility index (Phi) is 2.44. The Hall–Kier alpha value is -1.43. The van der Waals surface area contributed by atoms with Crippen molar-refractivity contribution in [3.8, 4) is 0 Å². The number of hydrogen-bond donors (Lipinski definition) is 1. The summed E-state index contributed by atoms with van der Waals surface area (Å²) in [5.74, 6) is 0. The van der Waals surface area contributed by atoms with E-state index in [1.54, 1.807) is 22.5 Å². The number of fused-ring (bicyclic) bond motifs is 1. The van der Waals surface area contributed by atoms with Crippen LogP contribution in [-0.4, -0.2) is 19.3 Å². The Labute approximate surface area is 91.3 Å². The summed E-state index contributed by atoms with van der Waals surface area (Å²) in [4.78, 5) is 15.0. The fraction of sp³-hybridized carbons (Fsp3) is 0.444. The largest absolute Gasteiger partial charge is 0.329 e. The summed E-state index contributed by atoms with van der Waals surface area (Å²) in [7, 11) is 1.78. The molecule has 1 N–H and O–H groups in total. The first-order valence-electron chi connectivity index (χ1n) is 4.80. The fourth-order valence-corrected chi connectivity index (χ4v) is 1.85. The lowest BCUT2D eigenvalue weighted by atomic mass is 10.4. The van der Waals surface area contributed by atoms with Crippen molar-refractivity contribution in [3.63, 3.8) is 0 Å². The van der Waals surface area contributed by atoms with Crippen LogP contribution in [0.4, 0.5) is 0 Å². The Balaban J connectivity index is 2.83. The highest BCUT2D eigenvalue weighted by Crippen LogP contribution is 2.03. The second kappa shape index (κ2) is 3.62. The Bertz CT molecular complexity index is 607. The van der Waals surface area contributed by atoms with Gasteiger partial charge in [0.25, 0.3) is 5.56 Å². The maximum absolute atomic E-state index is 12.0. The summed E-state index contributed by atoms with van der Waals surface area (Å²) in [5.41, 5.74) is 1.02. The molecule has 0 aliphatic carbocycles. The highest BCUT2D eigenvalue weighted by molar-refractivity contribution is 7.71. The van der Waals surface area contributed by atoms with Crippen molar-refractivity contribution in [2.45, 2.75) is 19.9 Å². The van der Waals surface area contributed by atoms with Crippen LogP contribution in [0.15, 0.2) is 11.0 Å². The van der Waals surface area contributed by atoms with Gasteiger partial charge in [0.05, 0.1) is 5.52 Å². The first-order valence-corrected chi connectivity index (χ1v) is 5.20. The fourth-order valence-electron chi connectivity index (χ4n) is 1.57. The van der Waals surface area contributed by atoms with Crippen LogP contribution in [0.25, 0.3) is 11.0 Å². The van der Waals surface area contributed by atoms with Crippen LogP contribution in [0.2, 0.25) is 0 Å². The second-order valence-electron chi connectivity index (χ2n) is 3.45. The summed E-state index contributed by atoms with van der Waals surface area (Å²) in [6.45, 7) is 2.63. The number of aromatic amines is 1. The van der Waals surface area contributed by atoms with Crippen LogP contribution >= 0.6 is 12.2 Å². The van der Waals surface area contributed by atoms with E-state index in [0.29, 0.717) is 22.3 Å². The molecule has 0 atom stereocenters. The van der Waals surface area contributed by atoms with Gasteiger partial charge in [-0.2, -0.15) is 5.10 Å². The van der Waals surface area contributed by atoms with E-state index in [2.05, 4.69) is 10.1 Å². The minimum atomic E-state index is -0.115. The van der Waals surface area contributed by atoms with E-state index in [1.807, 2.05) is 6.92 Å². The van der Waals surface area contributed by atoms with Gasteiger partial charge in [0, 0.05) is 19.8 Å². The normalized spacial score (nSPS) is 11.1. The van der Waals surface area contributed by atoms with E-state index < -0.39 is 0 Å². The molecule has 2 aromatic rings. The lowest BCUT2D eigenvalue weighted by molar-refractivity contribution is 0.636. The van der Waals surface area contributed by atoms with Gasteiger partial charge in [-0.1, -0.05) is 6.92 Å². The monoisotopic (exact) mass is 224 g/mol. The van der Waals surface area contributed by atoms with E-state index >= 15 is 0 Å². The van der Waals surface area contributed by atoms with Gasteiger partial charge in [-0.3, -0.25) is 14.0 Å². The summed E-state index contributed by atoms with van der Waals surface area (Å²) >= 11 is 5.11. The van der Waals surface area contributed by atoms with Crippen LogP contribution < -0.4 is 5.56 Å². The molecule has 0 aromatic carbocycles. The minimum absolute atomic E-state index is 0.115. The van der Waals surface area contributed by atoms with E-state index in [-0.39, 0.29) is 5.56 Å². The maximum atomic E-state index is 12.0. The van der Waals surface area contributed by atoms with Crippen molar-refractivity contribution in [1.29, 1.82) is 0 Å². The van der Waals surface area contributed by atoms with Crippen LogP contribution in [0.5, 0.6) is 0 Å². The average Bonchev–Trinajstić information content (AvgIpc) is 2.53. The number of nitrogens with one attached hydrogen (secondary N) is 1. The topological polar surface area (TPSA) is 55.6 Å². The molecule has 80 valence electrons. The molecule has 6 heteroatoms. The van der Waals surface area contributed by atoms with Gasteiger partial charge in [-0.15, -0.1) is 0 Å². The van der Waals surface area contributed by atoms with Crippen molar-refractivity contribution in [3.05, 3.63) is 21.3 Å². The molecule has 2 heterocycles. The number of nitrogens with zero attached hydrogens (tertiary/aromatic N) is 3. The van der Waals surface area contributed by atoms with Crippen molar-refractivity contribution in [1.82, 2.24) is 19.3 Å². The molecule has 0 spiro atoms. The Morgan fingerprint density at radius 2 is 2.33 bits per heavy atom. The average molecular weight is 224 g/mol.